The zero-order chi connectivity index (χ0) is 21.8. The van der Waals surface area contributed by atoms with Crippen LogP contribution in [0.3, 0.4) is 0 Å². The Hall–Kier alpha value is -2.21. The van der Waals surface area contributed by atoms with Gasteiger partial charge in [-0.15, -0.1) is 0 Å². The standard InChI is InChI=1S/C25H36N4O2/c1-25(2,3)24-26-22(27-31-24)18-28-16-13-19(14-17-28)21-12-8-5-9-15-29(21)23(30)20-10-6-4-7-11-20/h4,6-7,10-11,19,21H,5,8-9,12-18H2,1-3H3/t21-/m0/s1. The quantitative estimate of drug-likeness (QED) is 0.714. The second-order valence-electron chi connectivity index (χ2n) is 10.2. The molecule has 1 atom stereocenters. The minimum atomic E-state index is -0.119. The van der Waals surface area contributed by atoms with Crippen molar-refractivity contribution in [2.45, 2.75) is 77.3 Å². The molecular formula is C25H36N4O2. The molecule has 2 saturated heterocycles. The molecule has 0 unspecified atom stereocenters. The van der Waals surface area contributed by atoms with Crippen molar-refractivity contribution in [1.82, 2.24) is 19.9 Å². The van der Waals surface area contributed by atoms with Crippen molar-refractivity contribution >= 4 is 5.91 Å². The third-order valence-corrected chi connectivity index (χ3v) is 6.73. The topological polar surface area (TPSA) is 62.5 Å². The Kier molecular flexibility index (Phi) is 6.75. The maximum Gasteiger partial charge on any atom is 0.254 e. The maximum atomic E-state index is 13.3. The van der Waals surface area contributed by atoms with Crippen LogP contribution in [-0.2, 0) is 12.0 Å². The SMILES string of the molecule is CC(C)(C)c1nc(CN2CCC([C@@H]3CCCCCN3C(=O)c3ccccc3)CC2)no1. The molecule has 1 amide bonds. The first-order valence-corrected chi connectivity index (χ1v) is 11.8. The van der Waals surface area contributed by atoms with Crippen LogP contribution in [0.15, 0.2) is 34.9 Å². The van der Waals surface area contributed by atoms with E-state index in [0.717, 1.165) is 63.3 Å². The van der Waals surface area contributed by atoms with Gasteiger partial charge in [-0.25, -0.2) is 0 Å². The van der Waals surface area contributed by atoms with Crippen molar-refractivity contribution in [3.8, 4) is 0 Å². The van der Waals surface area contributed by atoms with Gasteiger partial charge < -0.3 is 9.42 Å². The molecule has 0 radical (unpaired) electrons. The van der Waals surface area contributed by atoms with Crippen molar-refractivity contribution in [3.63, 3.8) is 0 Å². The molecule has 6 heteroatoms. The molecule has 0 aliphatic carbocycles. The lowest BCUT2D eigenvalue weighted by molar-refractivity contribution is 0.0512. The number of aromatic nitrogens is 2. The monoisotopic (exact) mass is 424 g/mol. The third-order valence-electron chi connectivity index (χ3n) is 6.73. The Labute approximate surface area is 186 Å². The zero-order valence-corrected chi connectivity index (χ0v) is 19.2. The van der Waals surface area contributed by atoms with E-state index in [9.17, 15) is 4.79 Å². The highest BCUT2D eigenvalue weighted by molar-refractivity contribution is 5.94. The zero-order valence-electron chi connectivity index (χ0n) is 19.2. The Morgan fingerprint density at radius 1 is 1.03 bits per heavy atom. The van der Waals surface area contributed by atoms with Gasteiger partial charge in [0.15, 0.2) is 5.82 Å². The summed E-state index contributed by atoms with van der Waals surface area (Å²) in [5.74, 6) is 2.25. The number of piperidine rings is 1. The number of rotatable bonds is 4. The lowest BCUT2D eigenvalue weighted by Crippen LogP contribution is -2.47. The molecular weight excluding hydrogens is 388 g/mol. The number of hydrogen-bond acceptors (Lipinski definition) is 5. The van der Waals surface area contributed by atoms with Gasteiger partial charge in [-0.3, -0.25) is 9.69 Å². The third kappa shape index (κ3) is 5.35. The molecule has 2 fully saturated rings. The summed E-state index contributed by atoms with van der Waals surface area (Å²) in [6.45, 7) is 9.93. The average molecular weight is 425 g/mol. The fraction of sp³-hybridized carbons (Fsp3) is 0.640. The molecule has 1 aromatic carbocycles. The van der Waals surface area contributed by atoms with Gasteiger partial charge in [0.25, 0.3) is 5.91 Å². The number of nitrogens with zero attached hydrogens (tertiary/aromatic N) is 4. The van der Waals surface area contributed by atoms with Gasteiger partial charge in [-0.1, -0.05) is 57.0 Å². The van der Waals surface area contributed by atoms with Gasteiger partial charge in [0.1, 0.15) is 0 Å². The van der Waals surface area contributed by atoms with Gasteiger partial charge in [0, 0.05) is 23.6 Å². The normalized spacial score (nSPS) is 21.8. The van der Waals surface area contributed by atoms with Crippen LogP contribution in [0, 0.1) is 5.92 Å². The lowest BCUT2D eigenvalue weighted by atomic mass is 9.86. The highest BCUT2D eigenvalue weighted by Gasteiger charge is 2.34. The summed E-state index contributed by atoms with van der Waals surface area (Å²) < 4.78 is 5.45. The van der Waals surface area contributed by atoms with Crippen molar-refractivity contribution in [2.24, 2.45) is 5.92 Å². The number of carbonyl (C=O) groups is 1. The van der Waals surface area contributed by atoms with E-state index in [1.807, 2.05) is 30.3 Å². The first-order valence-electron chi connectivity index (χ1n) is 11.8. The number of hydrogen-bond donors (Lipinski definition) is 0. The Bertz CT molecular complexity index is 850. The largest absolute Gasteiger partial charge is 0.339 e. The second kappa shape index (κ2) is 9.51. The van der Waals surface area contributed by atoms with Crippen LogP contribution in [0.25, 0.3) is 0 Å². The van der Waals surface area contributed by atoms with E-state index in [1.54, 1.807) is 0 Å². The Balaban J connectivity index is 1.38. The van der Waals surface area contributed by atoms with Crippen LogP contribution in [0.5, 0.6) is 0 Å². The summed E-state index contributed by atoms with van der Waals surface area (Å²) in [5, 5.41) is 4.19. The predicted octanol–water partition coefficient (Wildman–Crippen LogP) is 4.66. The fourth-order valence-corrected chi connectivity index (χ4v) is 4.94. The molecule has 2 aliphatic heterocycles. The van der Waals surface area contributed by atoms with Crippen LogP contribution in [0.4, 0.5) is 0 Å². The fourth-order valence-electron chi connectivity index (χ4n) is 4.94. The van der Waals surface area contributed by atoms with E-state index < -0.39 is 0 Å². The molecule has 2 aromatic rings. The molecule has 31 heavy (non-hydrogen) atoms. The van der Waals surface area contributed by atoms with Crippen molar-refractivity contribution in [2.75, 3.05) is 19.6 Å². The van der Waals surface area contributed by atoms with Crippen molar-refractivity contribution < 1.29 is 9.32 Å². The van der Waals surface area contributed by atoms with Crippen LogP contribution in [0.2, 0.25) is 0 Å². The summed E-state index contributed by atoms with van der Waals surface area (Å²) >= 11 is 0. The van der Waals surface area contributed by atoms with Gasteiger partial charge in [-0.05, 0) is 56.8 Å². The number of likely N-dealkylation sites (tertiary alicyclic amines) is 2. The first kappa shape index (κ1) is 22.0. The van der Waals surface area contributed by atoms with Crippen LogP contribution < -0.4 is 0 Å². The van der Waals surface area contributed by atoms with E-state index >= 15 is 0 Å². The molecule has 0 spiro atoms. The van der Waals surface area contributed by atoms with Crippen LogP contribution in [0.1, 0.15) is 81.4 Å². The number of amides is 1. The predicted molar refractivity (Wildman–Crippen MR) is 121 cm³/mol. The highest BCUT2D eigenvalue weighted by Crippen LogP contribution is 2.31. The molecule has 0 N–H and O–H groups in total. The molecule has 0 saturated carbocycles. The Morgan fingerprint density at radius 3 is 2.45 bits per heavy atom. The first-order chi connectivity index (χ1) is 14.9. The smallest absolute Gasteiger partial charge is 0.254 e. The molecule has 2 aliphatic rings. The minimum absolute atomic E-state index is 0.119. The van der Waals surface area contributed by atoms with Gasteiger partial charge >= 0.3 is 0 Å². The Morgan fingerprint density at radius 2 is 1.77 bits per heavy atom. The van der Waals surface area contributed by atoms with Crippen molar-refractivity contribution in [1.29, 1.82) is 0 Å². The van der Waals surface area contributed by atoms with Gasteiger partial charge in [0.2, 0.25) is 5.89 Å². The second-order valence-corrected chi connectivity index (χ2v) is 10.2. The molecule has 3 heterocycles. The lowest BCUT2D eigenvalue weighted by Gasteiger charge is -2.40. The molecule has 1 aromatic heterocycles. The van der Waals surface area contributed by atoms with Crippen molar-refractivity contribution in [3.05, 3.63) is 47.6 Å². The molecule has 168 valence electrons. The molecule has 6 nitrogen and oxygen atoms in total. The summed E-state index contributed by atoms with van der Waals surface area (Å²) in [7, 11) is 0. The number of carbonyl (C=O) groups excluding carboxylic acids is 1. The average Bonchev–Trinajstić information content (AvgIpc) is 3.11. The van der Waals surface area contributed by atoms with E-state index in [4.69, 9.17) is 4.52 Å². The molecule has 0 bridgehead atoms. The summed E-state index contributed by atoms with van der Waals surface area (Å²) in [6.07, 6.45) is 6.93. The van der Waals surface area contributed by atoms with Crippen LogP contribution in [-0.4, -0.2) is 51.5 Å². The van der Waals surface area contributed by atoms with Gasteiger partial charge in [-0.2, -0.15) is 4.98 Å². The maximum absolute atomic E-state index is 13.3. The molecule has 4 rings (SSSR count). The van der Waals surface area contributed by atoms with E-state index in [2.05, 4.69) is 40.7 Å². The van der Waals surface area contributed by atoms with Gasteiger partial charge in [0.05, 0.1) is 6.54 Å². The van der Waals surface area contributed by atoms with E-state index in [0.29, 0.717) is 17.9 Å². The minimum Gasteiger partial charge on any atom is -0.339 e. The van der Waals surface area contributed by atoms with Crippen LogP contribution >= 0.6 is 0 Å². The summed E-state index contributed by atoms with van der Waals surface area (Å²) in [4.78, 5) is 22.5. The number of benzene rings is 1. The van der Waals surface area contributed by atoms with E-state index in [-0.39, 0.29) is 11.3 Å². The summed E-state index contributed by atoms with van der Waals surface area (Å²) in [5.41, 5.74) is 0.700. The summed E-state index contributed by atoms with van der Waals surface area (Å²) in [6, 6.07) is 10.1. The van der Waals surface area contributed by atoms with E-state index in [1.165, 1.54) is 12.8 Å². The highest BCUT2D eigenvalue weighted by atomic mass is 16.5.